The van der Waals surface area contributed by atoms with Gasteiger partial charge in [-0.3, -0.25) is 0 Å². The SMILES string of the molecule is CCCCCCCCCCCC[N+](C)(CCCCCCCCCCCC)CCC[Si](OCCC)(OCCC)OCCC.[Cl-]. The van der Waals surface area contributed by atoms with Crippen LogP contribution in [0.5, 0.6) is 0 Å². The molecule has 0 aliphatic carbocycles. The Balaban J connectivity index is 0. The fraction of sp³-hybridized carbons (Fsp3) is 1.00. The predicted molar refractivity (Wildman–Crippen MR) is 188 cm³/mol. The maximum atomic E-state index is 6.42. The van der Waals surface area contributed by atoms with Gasteiger partial charge in [0.2, 0.25) is 0 Å². The van der Waals surface area contributed by atoms with Crippen molar-refractivity contribution in [3.05, 3.63) is 0 Å². The molecule has 0 aliphatic rings. The van der Waals surface area contributed by atoms with Gasteiger partial charge in [0.25, 0.3) is 0 Å². The Hall–Kier alpha value is 0.347. The van der Waals surface area contributed by atoms with Crippen LogP contribution in [0.1, 0.15) is 189 Å². The summed E-state index contributed by atoms with van der Waals surface area (Å²) in [6, 6.07) is 0.969. The van der Waals surface area contributed by atoms with Gasteiger partial charge in [-0.05, 0) is 44.9 Å². The van der Waals surface area contributed by atoms with Crippen molar-refractivity contribution < 1.29 is 30.2 Å². The van der Waals surface area contributed by atoms with E-state index in [9.17, 15) is 0 Å². The van der Waals surface area contributed by atoms with E-state index in [0.29, 0.717) is 0 Å². The molecule has 0 radical (unpaired) electrons. The third-order valence-electron chi connectivity index (χ3n) is 8.86. The molecule has 0 spiro atoms. The minimum Gasteiger partial charge on any atom is -1.00 e. The zero-order valence-electron chi connectivity index (χ0n) is 30.5. The van der Waals surface area contributed by atoms with E-state index in [4.69, 9.17) is 13.3 Å². The molecular formula is C37H80ClNO3Si. The van der Waals surface area contributed by atoms with Crippen molar-refractivity contribution in [1.29, 1.82) is 0 Å². The second kappa shape index (κ2) is 33.7. The maximum absolute atomic E-state index is 6.42. The summed E-state index contributed by atoms with van der Waals surface area (Å²) < 4.78 is 20.5. The number of hydrogen-bond acceptors (Lipinski definition) is 3. The van der Waals surface area contributed by atoms with Gasteiger partial charge in [0.05, 0.1) is 26.7 Å². The van der Waals surface area contributed by atoms with Gasteiger partial charge in [0, 0.05) is 32.3 Å². The molecule has 0 unspecified atom stereocenters. The molecule has 0 rings (SSSR count). The molecular weight excluding hydrogens is 570 g/mol. The van der Waals surface area contributed by atoms with Gasteiger partial charge in [0.1, 0.15) is 0 Å². The normalized spacial score (nSPS) is 12.1. The van der Waals surface area contributed by atoms with Crippen LogP contribution in [0.3, 0.4) is 0 Å². The first kappa shape index (κ1) is 45.5. The second-order valence-electron chi connectivity index (χ2n) is 13.5. The van der Waals surface area contributed by atoms with E-state index >= 15 is 0 Å². The highest BCUT2D eigenvalue weighted by Gasteiger charge is 2.41. The molecule has 4 nitrogen and oxygen atoms in total. The average molecular weight is 651 g/mol. The van der Waals surface area contributed by atoms with Crippen molar-refractivity contribution in [2.75, 3.05) is 46.5 Å². The molecule has 0 heterocycles. The summed E-state index contributed by atoms with van der Waals surface area (Å²) in [6.07, 6.45) is 32.5. The number of rotatable bonds is 35. The van der Waals surface area contributed by atoms with Crippen LogP contribution in [0.15, 0.2) is 0 Å². The van der Waals surface area contributed by atoms with E-state index < -0.39 is 8.80 Å². The average Bonchev–Trinajstić information content (AvgIpc) is 2.99. The number of hydrogen-bond donors (Lipinski definition) is 0. The Morgan fingerprint density at radius 2 is 0.651 bits per heavy atom. The lowest BCUT2D eigenvalue weighted by molar-refractivity contribution is -0.910. The van der Waals surface area contributed by atoms with Gasteiger partial charge in [-0.25, -0.2) is 0 Å². The lowest BCUT2D eigenvalue weighted by atomic mass is 10.1. The van der Waals surface area contributed by atoms with E-state index in [1.54, 1.807) is 0 Å². The van der Waals surface area contributed by atoms with Crippen molar-refractivity contribution in [1.82, 2.24) is 0 Å². The minimum absolute atomic E-state index is 0. The van der Waals surface area contributed by atoms with Crippen LogP contribution in [0, 0.1) is 0 Å². The van der Waals surface area contributed by atoms with Crippen molar-refractivity contribution in [2.24, 2.45) is 0 Å². The van der Waals surface area contributed by atoms with Gasteiger partial charge < -0.3 is 30.2 Å². The third kappa shape index (κ3) is 28.3. The molecule has 43 heavy (non-hydrogen) atoms. The molecule has 0 atom stereocenters. The Labute approximate surface area is 279 Å². The van der Waals surface area contributed by atoms with E-state index in [1.807, 2.05) is 0 Å². The van der Waals surface area contributed by atoms with Gasteiger partial charge in [0.15, 0.2) is 0 Å². The van der Waals surface area contributed by atoms with Gasteiger partial charge in [-0.1, -0.05) is 137 Å². The molecule has 6 heteroatoms. The van der Waals surface area contributed by atoms with Crippen LogP contribution in [-0.4, -0.2) is 59.8 Å². The first-order valence-electron chi connectivity index (χ1n) is 19.3. The summed E-state index contributed by atoms with van der Waals surface area (Å²) in [4.78, 5) is 0. The summed E-state index contributed by atoms with van der Waals surface area (Å²) in [5.41, 5.74) is 0. The van der Waals surface area contributed by atoms with Gasteiger partial charge >= 0.3 is 8.80 Å². The lowest BCUT2D eigenvalue weighted by Crippen LogP contribution is -3.00. The van der Waals surface area contributed by atoms with Crippen molar-refractivity contribution >= 4 is 8.80 Å². The van der Waals surface area contributed by atoms with E-state index in [0.717, 1.165) is 51.5 Å². The molecule has 0 aliphatic heterocycles. The van der Waals surface area contributed by atoms with Crippen molar-refractivity contribution in [2.45, 2.75) is 195 Å². The molecule has 0 aromatic rings. The number of unbranched alkanes of at least 4 members (excludes halogenated alkanes) is 18. The molecule has 0 saturated carbocycles. The van der Waals surface area contributed by atoms with E-state index in [2.05, 4.69) is 41.7 Å². The van der Waals surface area contributed by atoms with Crippen LogP contribution in [0.4, 0.5) is 0 Å². The summed E-state index contributed by atoms with van der Waals surface area (Å²) in [7, 11) is -0.0601. The van der Waals surface area contributed by atoms with Crippen LogP contribution >= 0.6 is 0 Å². The summed E-state index contributed by atoms with van der Waals surface area (Å²) in [6.45, 7) is 17.3. The van der Waals surface area contributed by atoms with Crippen molar-refractivity contribution in [3.8, 4) is 0 Å². The fourth-order valence-corrected chi connectivity index (χ4v) is 8.91. The predicted octanol–water partition coefficient (Wildman–Crippen LogP) is 8.89. The van der Waals surface area contributed by atoms with Crippen LogP contribution in [-0.2, 0) is 13.3 Å². The second-order valence-corrected chi connectivity index (χ2v) is 16.2. The first-order valence-corrected chi connectivity index (χ1v) is 21.2. The van der Waals surface area contributed by atoms with Crippen LogP contribution < -0.4 is 12.4 Å². The number of quaternary nitrogens is 1. The minimum atomic E-state index is -2.60. The smallest absolute Gasteiger partial charge is 0.501 e. The topological polar surface area (TPSA) is 27.7 Å². The highest BCUT2D eigenvalue weighted by atomic mass is 35.5. The molecule has 262 valence electrons. The summed E-state index contributed by atoms with van der Waals surface area (Å²) in [5, 5.41) is 0. The quantitative estimate of drug-likeness (QED) is 0.0390. The summed E-state index contributed by atoms with van der Waals surface area (Å²) in [5.74, 6) is 0. The first-order chi connectivity index (χ1) is 20.5. The van der Waals surface area contributed by atoms with E-state index in [-0.39, 0.29) is 12.4 Å². The highest BCUT2D eigenvalue weighted by Crippen LogP contribution is 2.22. The molecule has 0 amide bonds. The van der Waals surface area contributed by atoms with Crippen LogP contribution in [0.25, 0.3) is 0 Å². The third-order valence-corrected chi connectivity index (χ3v) is 11.8. The maximum Gasteiger partial charge on any atom is 0.501 e. The standard InChI is InChI=1S/C37H80NO3Si.ClH/c1-7-12-14-16-18-20-22-24-26-28-31-38(6,32-29-27-25-23-21-19-17-15-13-8-2)33-30-37-42(39-34-9-3,40-35-10-4)41-36-11-5;/h7-37H2,1-6H3;1H/q+1;/p-1. The monoisotopic (exact) mass is 650 g/mol. The highest BCUT2D eigenvalue weighted by molar-refractivity contribution is 6.60. The zero-order valence-corrected chi connectivity index (χ0v) is 32.2. The molecule has 0 fully saturated rings. The Morgan fingerprint density at radius 3 is 0.953 bits per heavy atom. The Kier molecular flexibility index (Phi) is 35.6. The van der Waals surface area contributed by atoms with E-state index in [1.165, 1.54) is 153 Å². The van der Waals surface area contributed by atoms with Crippen LogP contribution in [0.2, 0.25) is 6.04 Å². The molecule has 0 aromatic heterocycles. The number of halogens is 1. The zero-order chi connectivity index (χ0) is 31.0. The molecule has 0 N–H and O–H groups in total. The fourth-order valence-electron chi connectivity index (χ4n) is 6.09. The Morgan fingerprint density at radius 1 is 0.372 bits per heavy atom. The molecule has 0 bridgehead atoms. The lowest BCUT2D eigenvalue weighted by Gasteiger charge is -2.36. The molecule has 0 aromatic carbocycles. The van der Waals surface area contributed by atoms with Gasteiger partial charge in [-0.2, -0.15) is 0 Å². The number of nitrogens with zero attached hydrogens (tertiary/aromatic N) is 1. The van der Waals surface area contributed by atoms with Gasteiger partial charge in [-0.15, -0.1) is 0 Å². The van der Waals surface area contributed by atoms with Crippen molar-refractivity contribution in [3.63, 3.8) is 0 Å². The Bertz CT molecular complexity index is 494. The molecule has 0 saturated heterocycles. The largest absolute Gasteiger partial charge is 1.00 e. The summed E-state index contributed by atoms with van der Waals surface area (Å²) >= 11 is 0.